The fourth-order valence-corrected chi connectivity index (χ4v) is 2.61. The van der Waals surface area contributed by atoms with Gasteiger partial charge in [-0.2, -0.15) is 0 Å². The number of amides is 3. The lowest BCUT2D eigenvalue weighted by Gasteiger charge is -2.24. The van der Waals surface area contributed by atoms with Crippen molar-refractivity contribution in [3.63, 3.8) is 0 Å². The van der Waals surface area contributed by atoms with Crippen LogP contribution >= 0.6 is 0 Å². The lowest BCUT2D eigenvalue weighted by molar-refractivity contribution is -0.124. The van der Waals surface area contributed by atoms with E-state index in [-0.39, 0.29) is 42.4 Å². The molecule has 0 bridgehead atoms. The number of carbonyl (C=O) groups is 3. The first-order valence-corrected chi connectivity index (χ1v) is 9.41. The zero-order chi connectivity index (χ0) is 20.0. The third-order valence-electron chi connectivity index (χ3n) is 4.05. The van der Waals surface area contributed by atoms with Crippen LogP contribution < -0.4 is 16.0 Å². The number of likely N-dealkylation sites (N-methyl/N-ethyl adjacent to an activating group) is 1. The van der Waals surface area contributed by atoms with Crippen molar-refractivity contribution in [3.05, 3.63) is 29.8 Å². The van der Waals surface area contributed by atoms with E-state index in [1.165, 1.54) is 0 Å². The predicted molar refractivity (Wildman–Crippen MR) is 106 cm³/mol. The maximum absolute atomic E-state index is 12.4. The molecule has 0 heterocycles. The lowest BCUT2D eigenvalue weighted by atomic mass is 10.1. The summed E-state index contributed by atoms with van der Waals surface area (Å²) in [6.07, 6.45) is 2.00. The number of hydrogen-bond donors (Lipinski definition) is 3. The Balaban J connectivity index is 1.94. The number of nitrogens with one attached hydrogen (secondary N) is 3. The standard InChI is InChI=1S/C20H30N4O3/c1-5-24(13-18(26)23-20(2,3)4)12-17(25)22-16-9-7-6-8-15(16)19(27)21-14-10-11-14/h6-9,14H,5,10-13H2,1-4H3,(H,21,27)(H,22,25)(H,23,26). The summed E-state index contributed by atoms with van der Waals surface area (Å²) in [4.78, 5) is 38.6. The van der Waals surface area contributed by atoms with Crippen LogP contribution in [0.1, 0.15) is 50.9 Å². The highest BCUT2D eigenvalue weighted by Gasteiger charge is 2.25. The SMILES string of the molecule is CCN(CC(=O)Nc1ccccc1C(=O)NC1CC1)CC(=O)NC(C)(C)C. The van der Waals surface area contributed by atoms with E-state index < -0.39 is 0 Å². The van der Waals surface area contributed by atoms with Crippen LogP contribution in [0.4, 0.5) is 5.69 Å². The first-order chi connectivity index (χ1) is 12.7. The summed E-state index contributed by atoms with van der Waals surface area (Å²) < 4.78 is 0. The van der Waals surface area contributed by atoms with E-state index >= 15 is 0 Å². The first-order valence-electron chi connectivity index (χ1n) is 9.41. The Morgan fingerprint density at radius 2 is 1.70 bits per heavy atom. The van der Waals surface area contributed by atoms with E-state index in [9.17, 15) is 14.4 Å². The molecule has 7 nitrogen and oxygen atoms in total. The van der Waals surface area contributed by atoms with Gasteiger partial charge in [0.15, 0.2) is 0 Å². The minimum Gasteiger partial charge on any atom is -0.350 e. The molecule has 1 aromatic carbocycles. The molecule has 0 radical (unpaired) electrons. The first kappa shape index (κ1) is 20.9. The van der Waals surface area contributed by atoms with Crippen molar-refractivity contribution in [2.45, 2.75) is 52.1 Å². The minimum absolute atomic E-state index is 0.0760. The van der Waals surface area contributed by atoms with Crippen molar-refractivity contribution in [3.8, 4) is 0 Å². The van der Waals surface area contributed by atoms with Gasteiger partial charge in [-0.05, 0) is 52.3 Å². The molecule has 2 rings (SSSR count). The van der Waals surface area contributed by atoms with Crippen molar-refractivity contribution in [2.24, 2.45) is 0 Å². The Kier molecular flexibility index (Phi) is 6.96. The molecule has 0 atom stereocenters. The highest BCUT2D eigenvalue weighted by atomic mass is 16.2. The molecule has 1 aromatic rings. The molecule has 0 spiro atoms. The van der Waals surface area contributed by atoms with Crippen LogP contribution in [0.2, 0.25) is 0 Å². The van der Waals surface area contributed by atoms with Crippen LogP contribution in [-0.2, 0) is 9.59 Å². The largest absolute Gasteiger partial charge is 0.350 e. The summed E-state index contributed by atoms with van der Waals surface area (Å²) in [5, 5.41) is 8.62. The molecule has 7 heteroatoms. The van der Waals surface area contributed by atoms with Gasteiger partial charge in [-0.3, -0.25) is 19.3 Å². The van der Waals surface area contributed by atoms with Crippen molar-refractivity contribution in [2.75, 3.05) is 25.0 Å². The molecule has 27 heavy (non-hydrogen) atoms. The van der Waals surface area contributed by atoms with Gasteiger partial charge < -0.3 is 16.0 Å². The van der Waals surface area contributed by atoms with Crippen LogP contribution in [0, 0.1) is 0 Å². The van der Waals surface area contributed by atoms with Crippen LogP contribution in [0.25, 0.3) is 0 Å². The fraction of sp³-hybridized carbons (Fsp3) is 0.550. The number of para-hydroxylation sites is 1. The Labute approximate surface area is 160 Å². The molecule has 1 saturated carbocycles. The monoisotopic (exact) mass is 374 g/mol. The highest BCUT2D eigenvalue weighted by Crippen LogP contribution is 2.21. The van der Waals surface area contributed by atoms with Gasteiger partial charge in [-0.25, -0.2) is 0 Å². The van der Waals surface area contributed by atoms with Crippen molar-refractivity contribution in [1.82, 2.24) is 15.5 Å². The van der Waals surface area contributed by atoms with Gasteiger partial charge >= 0.3 is 0 Å². The Morgan fingerprint density at radius 3 is 2.30 bits per heavy atom. The van der Waals surface area contributed by atoms with Gasteiger partial charge in [0.1, 0.15) is 0 Å². The molecule has 0 aliphatic heterocycles. The number of carbonyl (C=O) groups excluding carboxylic acids is 3. The van der Waals surface area contributed by atoms with Crippen molar-refractivity contribution < 1.29 is 14.4 Å². The lowest BCUT2D eigenvalue weighted by Crippen LogP contribution is -2.47. The van der Waals surface area contributed by atoms with Gasteiger partial charge in [0, 0.05) is 11.6 Å². The molecule has 3 amide bonds. The quantitative estimate of drug-likeness (QED) is 0.647. The number of rotatable bonds is 8. The molecule has 148 valence electrons. The summed E-state index contributed by atoms with van der Waals surface area (Å²) in [5.74, 6) is -0.557. The van der Waals surface area contributed by atoms with Crippen molar-refractivity contribution >= 4 is 23.4 Å². The Bertz CT molecular complexity index is 693. The number of benzene rings is 1. The average Bonchev–Trinajstić information content (AvgIpc) is 3.36. The van der Waals surface area contributed by atoms with E-state index in [2.05, 4.69) is 16.0 Å². The molecule has 0 unspecified atom stereocenters. The highest BCUT2D eigenvalue weighted by molar-refractivity contribution is 6.04. The molecule has 3 N–H and O–H groups in total. The summed E-state index contributed by atoms with van der Waals surface area (Å²) in [7, 11) is 0. The minimum atomic E-state index is -0.313. The Hall–Kier alpha value is -2.41. The van der Waals surface area contributed by atoms with Crippen LogP contribution in [0.15, 0.2) is 24.3 Å². The number of hydrogen-bond acceptors (Lipinski definition) is 4. The Morgan fingerprint density at radius 1 is 1.07 bits per heavy atom. The summed E-state index contributed by atoms with van der Waals surface area (Å²) in [5.41, 5.74) is 0.620. The van der Waals surface area contributed by atoms with E-state index in [1.54, 1.807) is 29.2 Å². The second-order valence-electron chi connectivity index (χ2n) is 7.94. The zero-order valence-electron chi connectivity index (χ0n) is 16.6. The van der Waals surface area contributed by atoms with Gasteiger partial charge in [-0.15, -0.1) is 0 Å². The van der Waals surface area contributed by atoms with Crippen LogP contribution in [-0.4, -0.2) is 53.8 Å². The van der Waals surface area contributed by atoms with E-state index in [0.29, 0.717) is 17.8 Å². The second kappa shape index (κ2) is 8.99. The predicted octanol–water partition coefficient (Wildman–Crippen LogP) is 1.75. The molecule has 1 aliphatic rings. The smallest absolute Gasteiger partial charge is 0.253 e. The zero-order valence-corrected chi connectivity index (χ0v) is 16.6. The molecule has 0 saturated heterocycles. The molecule has 0 aromatic heterocycles. The normalized spacial score (nSPS) is 14.0. The third-order valence-corrected chi connectivity index (χ3v) is 4.05. The van der Waals surface area contributed by atoms with Crippen molar-refractivity contribution in [1.29, 1.82) is 0 Å². The second-order valence-corrected chi connectivity index (χ2v) is 7.94. The number of anilines is 1. The van der Waals surface area contributed by atoms with E-state index in [4.69, 9.17) is 0 Å². The molecule has 1 fully saturated rings. The third kappa shape index (κ3) is 7.38. The summed E-state index contributed by atoms with van der Waals surface area (Å²) in [6.45, 7) is 8.42. The average molecular weight is 374 g/mol. The van der Waals surface area contributed by atoms with Crippen LogP contribution in [0.3, 0.4) is 0 Å². The fourth-order valence-electron chi connectivity index (χ4n) is 2.61. The topological polar surface area (TPSA) is 90.5 Å². The molecule has 1 aliphatic carbocycles. The van der Waals surface area contributed by atoms with E-state index in [0.717, 1.165) is 12.8 Å². The number of nitrogens with zero attached hydrogens (tertiary/aromatic N) is 1. The molecular weight excluding hydrogens is 344 g/mol. The van der Waals surface area contributed by atoms with Gasteiger partial charge in [0.25, 0.3) is 5.91 Å². The van der Waals surface area contributed by atoms with Crippen LogP contribution in [0.5, 0.6) is 0 Å². The summed E-state index contributed by atoms with van der Waals surface area (Å²) >= 11 is 0. The maximum Gasteiger partial charge on any atom is 0.253 e. The summed E-state index contributed by atoms with van der Waals surface area (Å²) in [6, 6.07) is 7.20. The van der Waals surface area contributed by atoms with Gasteiger partial charge in [0.2, 0.25) is 11.8 Å². The maximum atomic E-state index is 12.4. The van der Waals surface area contributed by atoms with E-state index in [1.807, 2.05) is 27.7 Å². The van der Waals surface area contributed by atoms with Gasteiger partial charge in [0.05, 0.1) is 24.3 Å². The van der Waals surface area contributed by atoms with Gasteiger partial charge in [-0.1, -0.05) is 19.1 Å². The molecular formula is C20H30N4O3.